The van der Waals surface area contributed by atoms with Gasteiger partial charge in [-0.25, -0.2) is 0 Å². The third-order valence-electron chi connectivity index (χ3n) is 0.581. The summed E-state index contributed by atoms with van der Waals surface area (Å²) < 4.78 is 8.81. The zero-order valence-corrected chi connectivity index (χ0v) is 3.84. The Balaban J connectivity index is 2.42. The van der Waals surface area contributed by atoms with Gasteiger partial charge in [-0.15, -0.1) is 0 Å². The summed E-state index contributed by atoms with van der Waals surface area (Å²) in [4.78, 5) is 0. The van der Waals surface area contributed by atoms with Gasteiger partial charge in [0.15, 0.2) is 0 Å². The number of ether oxygens (including phenoxy) is 2. The third kappa shape index (κ3) is 0.838. The molecule has 0 aromatic heterocycles. The zero-order valence-electron chi connectivity index (χ0n) is 3.84. The van der Waals surface area contributed by atoms with Gasteiger partial charge in [0.2, 0.25) is 6.26 Å². The fourth-order valence-electron chi connectivity index (χ4n) is 0.333. The van der Waals surface area contributed by atoms with Crippen LogP contribution in [0.25, 0.3) is 0 Å². The van der Waals surface area contributed by atoms with Crippen LogP contribution in [0.1, 0.15) is 6.92 Å². The number of hydrogen-bond acceptors (Lipinski definition) is 3. The third-order valence-corrected chi connectivity index (χ3v) is 0.581. The summed E-state index contributed by atoms with van der Waals surface area (Å²) in [7, 11) is 0. The predicted molar refractivity (Wildman–Crippen MR) is 20.6 cm³/mol. The Labute approximate surface area is 41.2 Å². The fourth-order valence-corrected chi connectivity index (χ4v) is 0.333. The van der Waals surface area contributed by atoms with Crippen molar-refractivity contribution >= 4 is 0 Å². The van der Waals surface area contributed by atoms with Crippen molar-refractivity contribution in [2.75, 3.05) is 0 Å². The van der Waals surface area contributed by atoms with Crippen LogP contribution in [0.3, 0.4) is 0 Å². The van der Waals surface area contributed by atoms with E-state index < -0.39 is 6.48 Å². The molecule has 0 saturated carbocycles. The molecule has 1 radical (unpaired) electrons. The number of allylic oxidation sites excluding steroid dienone is 1. The Morgan fingerprint density at radius 1 is 1.86 bits per heavy atom. The number of rotatable bonds is 0. The molecule has 0 saturated heterocycles. The highest BCUT2D eigenvalue weighted by atomic mass is 16.8. The summed E-state index contributed by atoms with van der Waals surface area (Å²) in [5.74, 6) is 0.479. The monoisotopic (exact) mass is 101 g/mol. The molecular formula is C4H5O3. The summed E-state index contributed by atoms with van der Waals surface area (Å²) in [6.07, 6.45) is 2.31. The maximum atomic E-state index is 8.37. The van der Waals surface area contributed by atoms with Crippen molar-refractivity contribution in [1.29, 1.82) is 0 Å². The average Bonchev–Trinajstić information content (AvgIpc) is 1.87. The summed E-state index contributed by atoms with van der Waals surface area (Å²) in [5, 5.41) is 8.37. The maximum absolute atomic E-state index is 8.37. The zero-order chi connectivity index (χ0) is 5.28. The summed E-state index contributed by atoms with van der Waals surface area (Å²) in [6.45, 7) is 0.524. The second-order valence-electron chi connectivity index (χ2n) is 1.20. The van der Waals surface area contributed by atoms with Crippen LogP contribution < -0.4 is 0 Å². The molecule has 7 heavy (non-hydrogen) atoms. The van der Waals surface area contributed by atoms with Crippen LogP contribution in [0, 0.1) is 6.26 Å². The van der Waals surface area contributed by atoms with E-state index in [-0.39, 0.29) is 0 Å². The van der Waals surface area contributed by atoms with Gasteiger partial charge in [0.25, 0.3) is 0 Å². The van der Waals surface area contributed by atoms with Gasteiger partial charge < -0.3 is 14.6 Å². The van der Waals surface area contributed by atoms with Gasteiger partial charge >= 0.3 is 6.48 Å². The minimum absolute atomic E-state index is 0.479. The molecule has 3 heteroatoms. The number of hydrogen-bond donors (Lipinski definition) is 1. The molecule has 1 aliphatic heterocycles. The van der Waals surface area contributed by atoms with Crippen LogP contribution >= 0.6 is 0 Å². The minimum Gasteiger partial charge on any atom is -0.433 e. The number of aliphatic hydroxyl groups excluding tert-OH is 1. The minimum atomic E-state index is -1.13. The standard InChI is InChI=1S/C4H5O3/c1-3-2-6-4(5)7-3/h4-5H,1H3. The molecule has 0 bridgehead atoms. The van der Waals surface area contributed by atoms with Crippen molar-refractivity contribution in [1.82, 2.24) is 0 Å². The van der Waals surface area contributed by atoms with E-state index in [0.29, 0.717) is 5.76 Å². The molecule has 1 atom stereocenters. The van der Waals surface area contributed by atoms with Crippen LogP contribution in [0.2, 0.25) is 0 Å². The van der Waals surface area contributed by atoms with E-state index in [1.54, 1.807) is 6.92 Å². The fraction of sp³-hybridized carbons (Fsp3) is 0.500. The Kier molecular flexibility index (Phi) is 0.906. The van der Waals surface area contributed by atoms with E-state index in [9.17, 15) is 0 Å². The van der Waals surface area contributed by atoms with Gasteiger partial charge in [-0.2, -0.15) is 0 Å². The van der Waals surface area contributed by atoms with Crippen LogP contribution in [0.15, 0.2) is 5.76 Å². The molecule has 0 spiro atoms. The molecule has 1 N–H and O–H groups in total. The SMILES string of the molecule is CC1=[C]OC(O)O1. The van der Waals surface area contributed by atoms with Gasteiger partial charge in [0, 0.05) is 0 Å². The highest BCUT2D eigenvalue weighted by Crippen LogP contribution is 2.08. The largest absolute Gasteiger partial charge is 0.433 e. The number of aliphatic hydroxyl groups is 1. The quantitative estimate of drug-likeness (QED) is 0.465. The highest BCUT2D eigenvalue weighted by molar-refractivity contribution is 4.78. The van der Waals surface area contributed by atoms with E-state index in [0.717, 1.165) is 0 Å². The molecular weight excluding hydrogens is 96.0 g/mol. The molecule has 0 fully saturated rings. The van der Waals surface area contributed by atoms with Crippen LogP contribution in [-0.2, 0) is 9.47 Å². The Bertz CT molecular complexity index is 97.1. The molecule has 3 nitrogen and oxygen atoms in total. The first kappa shape index (κ1) is 4.46. The van der Waals surface area contributed by atoms with Gasteiger partial charge in [-0.1, -0.05) is 0 Å². The lowest BCUT2D eigenvalue weighted by molar-refractivity contribution is -0.190. The first-order valence-electron chi connectivity index (χ1n) is 1.89. The van der Waals surface area contributed by atoms with Crippen LogP contribution in [0.4, 0.5) is 0 Å². The Morgan fingerprint density at radius 2 is 2.57 bits per heavy atom. The topological polar surface area (TPSA) is 38.7 Å². The second kappa shape index (κ2) is 1.42. The lowest BCUT2D eigenvalue weighted by Gasteiger charge is -1.98. The van der Waals surface area contributed by atoms with Crippen molar-refractivity contribution in [2.45, 2.75) is 13.4 Å². The average molecular weight is 101 g/mol. The lowest BCUT2D eigenvalue weighted by Crippen LogP contribution is -2.04. The van der Waals surface area contributed by atoms with Crippen molar-refractivity contribution < 1.29 is 14.6 Å². The Morgan fingerprint density at radius 3 is 2.71 bits per heavy atom. The molecule has 0 aromatic rings. The molecule has 0 aromatic carbocycles. The van der Waals surface area contributed by atoms with Crippen LogP contribution in [0.5, 0.6) is 0 Å². The molecule has 0 amide bonds. The van der Waals surface area contributed by atoms with E-state index in [1.807, 2.05) is 0 Å². The Hall–Kier alpha value is -0.700. The first-order chi connectivity index (χ1) is 3.29. The van der Waals surface area contributed by atoms with Crippen LogP contribution in [-0.4, -0.2) is 11.6 Å². The van der Waals surface area contributed by atoms with E-state index >= 15 is 0 Å². The van der Waals surface area contributed by atoms with Gasteiger partial charge in [0.1, 0.15) is 5.76 Å². The molecule has 39 valence electrons. The van der Waals surface area contributed by atoms with Crippen molar-refractivity contribution in [3.8, 4) is 0 Å². The smallest absolute Gasteiger partial charge is 0.358 e. The molecule has 1 heterocycles. The van der Waals surface area contributed by atoms with Crippen molar-refractivity contribution in [3.63, 3.8) is 0 Å². The van der Waals surface area contributed by atoms with E-state index in [4.69, 9.17) is 5.11 Å². The normalized spacial score (nSPS) is 28.3. The summed E-state index contributed by atoms with van der Waals surface area (Å²) in [5.41, 5.74) is 0. The first-order valence-corrected chi connectivity index (χ1v) is 1.89. The summed E-state index contributed by atoms with van der Waals surface area (Å²) in [6, 6.07) is 0. The predicted octanol–water partition coefficient (Wildman–Crippen LogP) is -0.0264. The molecule has 0 aliphatic carbocycles. The molecule has 1 rings (SSSR count). The van der Waals surface area contributed by atoms with Crippen molar-refractivity contribution in [3.05, 3.63) is 12.0 Å². The molecule has 1 aliphatic rings. The lowest BCUT2D eigenvalue weighted by atomic mass is 10.7. The molecule has 1 unspecified atom stereocenters. The van der Waals surface area contributed by atoms with Gasteiger partial charge in [0.05, 0.1) is 0 Å². The van der Waals surface area contributed by atoms with Gasteiger partial charge in [-0.3, -0.25) is 0 Å². The van der Waals surface area contributed by atoms with Crippen molar-refractivity contribution in [2.24, 2.45) is 0 Å². The highest BCUT2D eigenvalue weighted by Gasteiger charge is 2.11. The van der Waals surface area contributed by atoms with E-state index in [2.05, 4.69) is 15.7 Å². The van der Waals surface area contributed by atoms with E-state index in [1.165, 1.54) is 0 Å². The second-order valence-corrected chi connectivity index (χ2v) is 1.20. The van der Waals surface area contributed by atoms with Gasteiger partial charge in [-0.05, 0) is 6.92 Å². The summed E-state index contributed by atoms with van der Waals surface area (Å²) >= 11 is 0. The maximum Gasteiger partial charge on any atom is 0.358 e.